The Morgan fingerprint density at radius 3 is 3.29 bits per heavy atom. The molecule has 2 aliphatic heterocycles. The summed E-state index contributed by atoms with van der Waals surface area (Å²) in [5, 5.41) is 9.50. The zero-order chi connectivity index (χ0) is 16.5. The standard InChI is InChI=1S/C18H23N3O2S/c1-12-9-15(20-19-12)14-3-2-6-21(11-14)17(22)10-16-18-13(4-7-23-16)5-8-24-18/h5,8-9,14,16H,2-4,6-7,10-11H2,1H3,(H,19,20)/t14-,16+/m0/s1. The van der Waals surface area contributed by atoms with Gasteiger partial charge in [-0.25, -0.2) is 0 Å². The summed E-state index contributed by atoms with van der Waals surface area (Å²) in [6, 6.07) is 4.26. The van der Waals surface area contributed by atoms with Crippen molar-refractivity contribution in [2.75, 3.05) is 19.7 Å². The minimum absolute atomic E-state index is 0.0609. The molecule has 24 heavy (non-hydrogen) atoms. The van der Waals surface area contributed by atoms with E-state index in [1.807, 2.05) is 11.8 Å². The third-order valence-electron chi connectivity index (χ3n) is 5.04. The molecule has 2 aromatic rings. The van der Waals surface area contributed by atoms with Gasteiger partial charge in [0.1, 0.15) is 6.10 Å². The molecule has 0 saturated carbocycles. The molecule has 6 heteroatoms. The number of amides is 1. The maximum Gasteiger partial charge on any atom is 0.225 e. The third-order valence-corrected chi connectivity index (χ3v) is 6.09. The average Bonchev–Trinajstić information content (AvgIpc) is 3.24. The molecule has 1 amide bonds. The molecule has 1 saturated heterocycles. The highest BCUT2D eigenvalue weighted by Gasteiger charge is 2.30. The number of carbonyl (C=O) groups is 1. The minimum atomic E-state index is -0.0609. The van der Waals surface area contributed by atoms with Crippen LogP contribution in [-0.2, 0) is 16.0 Å². The molecule has 128 valence electrons. The Bertz CT molecular complexity index is 723. The molecule has 0 bridgehead atoms. The average molecular weight is 345 g/mol. The molecule has 1 N–H and O–H groups in total. The van der Waals surface area contributed by atoms with Crippen LogP contribution in [0, 0.1) is 6.92 Å². The summed E-state index contributed by atoms with van der Waals surface area (Å²) in [7, 11) is 0. The van der Waals surface area contributed by atoms with Crippen LogP contribution in [0.15, 0.2) is 17.5 Å². The fourth-order valence-electron chi connectivity index (χ4n) is 3.76. The Morgan fingerprint density at radius 2 is 2.46 bits per heavy atom. The van der Waals surface area contributed by atoms with Crippen molar-refractivity contribution >= 4 is 17.2 Å². The SMILES string of the molecule is Cc1cc([C@H]2CCCN(C(=O)C[C@H]3OCCc4ccsc43)C2)n[nH]1. The molecule has 0 radical (unpaired) electrons. The largest absolute Gasteiger partial charge is 0.372 e. The van der Waals surface area contributed by atoms with Gasteiger partial charge in [0.2, 0.25) is 5.91 Å². The van der Waals surface area contributed by atoms with Crippen LogP contribution in [0.4, 0.5) is 0 Å². The molecule has 0 aromatic carbocycles. The number of aryl methyl sites for hydroxylation is 1. The topological polar surface area (TPSA) is 58.2 Å². The van der Waals surface area contributed by atoms with Gasteiger partial charge >= 0.3 is 0 Å². The first-order valence-corrected chi connectivity index (χ1v) is 9.56. The highest BCUT2D eigenvalue weighted by Crippen LogP contribution is 2.35. The number of hydrogen-bond acceptors (Lipinski definition) is 4. The van der Waals surface area contributed by atoms with Gasteiger partial charge in [-0.15, -0.1) is 11.3 Å². The molecule has 4 rings (SSSR count). The van der Waals surface area contributed by atoms with Crippen LogP contribution in [0.1, 0.15) is 53.1 Å². The predicted octanol–water partition coefficient (Wildman–Crippen LogP) is 3.19. The van der Waals surface area contributed by atoms with E-state index in [2.05, 4.69) is 27.7 Å². The summed E-state index contributed by atoms with van der Waals surface area (Å²) in [6.07, 6.45) is 3.50. The molecule has 0 aliphatic carbocycles. The van der Waals surface area contributed by atoms with Crippen molar-refractivity contribution in [1.29, 1.82) is 0 Å². The van der Waals surface area contributed by atoms with Crippen LogP contribution >= 0.6 is 11.3 Å². The fraction of sp³-hybridized carbons (Fsp3) is 0.556. The van der Waals surface area contributed by atoms with Crippen LogP contribution in [0.2, 0.25) is 0 Å². The van der Waals surface area contributed by atoms with Gasteiger partial charge in [-0.1, -0.05) is 0 Å². The second-order valence-electron chi connectivity index (χ2n) is 6.78. The molecule has 0 spiro atoms. The number of piperidine rings is 1. The Hall–Kier alpha value is -1.66. The lowest BCUT2D eigenvalue weighted by Crippen LogP contribution is -2.40. The first-order chi connectivity index (χ1) is 11.7. The van der Waals surface area contributed by atoms with Gasteiger partial charge in [0.25, 0.3) is 0 Å². The molecule has 4 heterocycles. The second kappa shape index (κ2) is 6.69. The van der Waals surface area contributed by atoms with E-state index in [4.69, 9.17) is 4.74 Å². The van der Waals surface area contributed by atoms with Gasteiger partial charge < -0.3 is 9.64 Å². The quantitative estimate of drug-likeness (QED) is 0.929. The van der Waals surface area contributed by atoms with E-state index in [0.717, 1.165) is 50.3 Å². The van der Waals surface area contributed by atoms with Gasteiger partial charge in [-0.2, -0.15) is 5.10 Å². The normalized spacial score (nSPS) is 24.0. The number of H-pyrrole nitrogens is 1. The van der Waals surface area contributed by atoms with Crippen molar-refractivity contribution in [3.8, 4) is 0 Å². The summed E-state index contributed by atoms with van der Waals surface area (Å²) in [6.45, 7) is 4.36. The Kier molecular flexibility index (Phi) is 4.41. The smallest absolute Gasteiger partial charge is 0.225 e. The van der Waals surface area contributed by atoms with E-state index in [1.165, 1.54) is 10.4 Å². The molecule has 1 fully saturated rings. The second-order valence-corrected chi connectivity index (χ2v) is 7.73. The number of carbonyl (C=O) groups excluding carboxylic acids is 1. The van der Waals surface area contributed by atoms with Crippen molar-refractivity contribution in [3.63, 3.8) is 0 Å². The van der Waals surface area contributed by atoms with Gasteiger partial charge in [-0.05, 0) is 49.3 Å². The molecule has 0 unspecified atom stereocenters. The van der Waals surface area contributed by atoms with E-state index in [0.29, 0.717) is 12.3 Å². The summed E-state index contributed by atoms with van der Waals surface area (Å²) in [5.41, 5.74) is 3.52. The zero-order valence-corrected chi connectivity index (χ0v) is 14.8. The van der Waals surface area contributed by atoms with Crippen molar-refractivity contribution in [3.05, 3.63) is 39.3 Å². The minimum Gasteiger partial charge on any atom is -0.372 e. The van der Waals surface area contributed by atoms with Gasteiger partial charge in [0.05, 0.1) is 18.7 Å². The molecule has 2 atom stereocenters. The van der Waals surface area contributed by atoms with Crippen molar-refractivity contribution in [2.45, 2.75) is 44.6 Å². The van der Waals surface area contributed by atoms with Crippen molar-refractivity contribution in [1.82, 2.24) is 15.1 Å². The third kappa shape index (κ3) is 3.13. The zero-order valence-electron chi connectivity index (χ0n) is 14.0. The first-order valence-electron chi connectivity index (χ1n) is 8.68. The Balaban J connectivity index is 1.42. The van der Waals surface area contributed by atoms with Crippen LogP contribution in [0.25, 0.3) is 0 Å². The monoisotopic (exact) mass is 345 g/mol. The number of fused-ring (bicyclic) bond motifs is 1. The number of likely N-dealkylation sites (tertiary alicyclic amines) is 1. The Labute approximate surface area is 146 Å². The fourth-order valence-corrected chi connectivity index (χ4v) is 4.76. The van der Waals surface area contributed by atoms with E-state index in [9.17, 15) is 4.79 Å². The highest BCUT2D eigenvalue weighted by atomic mass is 32.1. The number of nitrogens with one attached hydrogen (secondary N) is 1. The molecular formula is C18H23N3O2S. The van der Waals surface area contributed by atoms with E-state index in [1.54, 1.807) is 11.3 Å². The lowest BCUT2D eigenvalue weighted by atomic mass is 9.94. The number of aromatic amines is 1. The van der Waals surface area contributed by atoms with Crippen molar-refractivity contribution < 1.29 is 9.53 Å². The van der Waals surface area contributed by atoms with Gasteiger partial charge in [-0.3, -0.25) is 9.89 Å². The first kappa shape index (κ1) is 15.8. The lowest BCUT2D eigenvalue weighted by Gasteiger charge is -2.33. The van der Waals surface area contributed by atoms with Crippen LogP contribution in [-0.4, -0.2) is 40.7 Å². The van der Waals surface area contributed by atoms with E-state index < -0.39 is 0 Å². The number of ether oxygens (including phenoxy) is 1. The summed E-state index contributed by atoms with van der Waals surface area (Å²) < 4.78 is 5.88. The summed E-state index contributed by atoms with van der Waals surface area (Å²) >= 11 is 1.71. The van der Waals surface area contributed by atoms with E-state index in [-0.39, 0.29) is 12.0 Å². The predicted molar refractivity (Wildman–Crippen MR) is 93.2 cm³/mol. The van der Waals surface area contributed by atoms with Gasteiger partial charge in [0.15, 0.2) is 0 Å². The summed E-state index contributed by atoms with van der Waals surface area (Å²) in [4.78, 5) is 16.0. The number of thiophene rings is 1. The number of nitrogens with zero attached hydrogens (tertiary/aromatic N) is 2. The number of hydrogen-bond donors (Lipinski definition) is 1. The molecule has 2 aliphatic rings. The molecule has 5 nitrogen and oxygen atoms in total. The molecular weight excluding hydrogens is 322 g/mol. The lowest BCUT2D eigenvalue weighted by molar-refractivity contribution is -0.135. The van der Waals surface area contributed by atoms with Crippen molar-refractivity contribution in [2.24, 2.45) is 0 Å². The Morgan fingerprint density at radius 1 is 1.54 bits per heavy atom. The number of rotatable bonds is 3. The maximum absolute atomic E-state index is 12.8. The molecule has 2 aromatic heterocycles. The van der Waals surface area contributed by atoms with Crippen LogP contribution < -0.4 is 0 Å². The van der Waals surface area contributed by atoms with Crippen LogP contribution in [0.5, 0.6) is 0 Å². The maximum atomic E-state index is 12.8. The van der Waals surface area contributed by atoms with Crippen LogP contribution in [0.3, 0.4) is 0 Å². The van der Waals surface area contributed by atoms with Gasteiger partial charge in [0, 0.05) is 29.6 Å². The van der Waals surface area contributed by atoms with E-state index >= 15 is 0 Å². The highest BCUT2D eigenvalue weighted by molar-refractivity contribution is 7.10. The summed E-state index contributed by atoms with van der Waals surface area (Å²) in [5.74, 6) is 0.551. The number of aromatic nitrogens is 2.